The second-order valence-corrected chi connectivity index (χ2v) is 7.04. The van der Waals surface area contributed by atoms with Gasteiger partial charge in [-0.05, 0) is 72.0 Å². The molecule has 0 bridgehead atoms. The zero-order chi connectivity index (χ0) is 16.2. The van der Waals surface area contributed by atoms with Crippen LogP contribution < -0.4 is 4.74 Å². The van der Waals surface area contributed by atoms with Crippen molar-refractivity contribution in [3.63, 3.8) is 0 Å². The molecule has 2 heteroatoms. The summed E-state index contributed by atoms with van der Waals surface area (Å²) in [6, 6.07) is 18.8. The zero-order valence-corrected chi connectivity index (χ0v) is 15.3. The quantitative estimate of drug-likeness (QED) is 0.564. The molecular formula is C20H23BrO. The molecule has 0 aliphatic rings. The van der Waals surface area contributed by atoms with E-state index in [2.05, 4.69) is 80.0 Å². The van der Waals surface area contributed by atoms with Crippen molar-refractivity contribution in [1.82, 2.24) is 0 Å². The van der Waals surface area contributed by atoms with E-state index in [4.69, 9.17) is 4.74 Å². The maximum absolute atomic E-state index is 5.88. The highest BCUT2D eigenvalue weighted by Crippen LogP contribution is 2.34. The van der Waals surface area contributed by atoms with Crippen molar-refractivity contribution in [1.29, 1.82) is 0 Å². The first-order valence-electron chi connectivity index (χ1n) is 7.64. The van der Waals surface area contributed by atoms with Crippen LogP contribution in [0.3, 0.4) is 0 Å². The minimum Gasteiger partial charge on any atom is -0.488 e. The van der Waals surface area contributed by atoms with Crippen molar-refractivity contribution in [2.24, 2.45) is 0 Å². The van der Waals surface area contributed by atoms with Gasteiger partial charge in [-0.15, -0.1) is 0 Å². The molecule has 2 rings (SSSR count). The molecule has 0 unspecified atom stereocenters. The summed E-state index contributed by atoms with van der Waals surface area (Å²) in [5.41, 5.74) is 3.56. The number of ether oxygens (including phenoxy) is 1. The van der Waals surface area contributed by atoms with Crippen molar-refractivity contribution < 1.29 is 4.74 Å². The number of rotatable bonds is 4. The Balaban J connectivity index is 2.31. The Morgan fingerprint density at radius 1 is 0.909 bits per heavy atom. The van der Waals surface area contributed by atoms with Gasteiger partial charge < -0.3 is 4.74 Å². The molecule has 0 fully saturated rings. The molecule has 2 aromatic carbocycles. The number of hydrogen-bond acceptors (Lipinski definition) is 1. The van der Waals surface area contributed by atoms with Gasteiger partial charge in [-0.3, -0.25) is 0 Å². The fourth-order valence-corrected chi connectivity index (χ4v) is 3.10. The van der Waals surface area contributed by atoms with E-state index in [1.54, 1.807) is 0 Å². The first kappa shape index (κ1) is 16.8. The van der Waals surface area contributed by atoms with Crippen molar-refractivity contribution in [3.05, 3.63) is 65.7 Å². The molecule has 0 amide bonds. The monoisotopic (exact) mass is 358 g/mol. The number of allylic oxidation sites excluding steroid dienone is 1. The summed E-state index contributed by atoms with van der Waals surface area (Å²) in [7, 11) is 0. The van der Waals surface area contributed by atoms with Crippen molar-refractivity contribution in [3.8, 4) is 5.75 Å². The van der Waals surface area contributed by atoms with E-state index in [-0.39, 0.29) is 5.60 Å². The van der Waals surface area contributed by atoms with Gasteiger partial charge in [0.05, 0.1) is 0 Å². The Hall–Kier alpha value is -1.54. The number of hydrogen-bond donors (Lipinski definition) is 0. The lowest BCUT2D eigenvalue weighted by molar-refractivity contribution is 0.131. The Morgan fingerprint density at radius 3 is 2.00 bits per heavy atom. The van der Waals surface area contributed by atoms with E-state index >= 15 is 0 Å². The van der Waals surface area contributed by atoms with Gasteiger partial charge in [-0.1, -0.05) is 49.4 Å². The molecule has 0 atom stereocenters. The Morgan fingerprint density at radius 2 is 1.50 bits per heavy atom. The third-order valence-corrected chi connectivity index (χ3v) is 4.21. The fraction of sp³-hybridized carbons (Fsp3) is 0.300. The number of halogens is 1. The third-order valence-electron chi connectivity index (χ3n) is 3.27. The van der Waals surface area contributed by atoms with E-state index in [1.807, 2.05) is 18.2 Å². The standard InChI is InChI=1S/C20H23BrO/c1-5-18(15-9-7-6-8-10-15)19(21)16-11-13-17(14-12-16)22-20(2,3)4/h6-14H,5H2,1-4H3/b19-18+. The molecule has 0 saturated heterocycles. The highest BCUT2D eigenvalue weighted by Gasteiger charge is 2.12. The predicted molar refractivity (Wildman–Crippen MR) is 99.3 cm³/mol. The summed E-state index contributed by atoms with van der Waals surface area (Å²) in [5.74, 6) is 0.898. The second kappa shape index (κ2) is 7.15. The van der Waals surface area contributed by atoms with E-state index in [9.17, 15) is 0 Å². The molecular weight excluding hydrogens is 336 g/mol. The minimum absolute atomic E-state index is 0.173. The maximum atomic E-state index is 5.88. The molecule has 0 saturated carbocycles. The van der Waals surface area contributed by atoms with E-state index in [1.165, 1.54) is 16.7 Å². The minimum atomic E-state index is -0.173. The molecule has 0 aliphatic heterocycles. The van der Waals surface area contributed by atoms with Gasteiger partial charge in [-0.25, -0.2) is 0 Å². The van der Waals surface area contributed by atoms with Gasteiger partial charge in [0.2, 0.25) is 0 Å². The Bertz CT molecular complexity index is 634. The van der Waals surface area contributed by atoms with Crippen LogP contribution >= 0.6 is 15.9 Å². The topological polar surface area (TPSA) is 9.23 Å². The molecule has 22 heavy (non-hydrogen) atoms. The SMILES string of the molecule is CC/C(=C(\Br)c1ccc(OC(C)(C)C)cc1)c1ccccc1. The van der Waals surface area contributed by atoms with E-state index < -0.39 is 0 Å². The van der Waals surface area contributed by atoms with Crippen LogP contribution in [0.5, 0.6) is 5.75 Å². The normalized spacial score (nSPS) is 12.8. The average Bonchev–Trinajstić information content (AvgIpc) is 2.48. The Kier molecular flexibility index (Phi) is 5.47. The van der Waals surface area contributed by atoms with E-state index in [0.717, 1.165) is 16.7 Å². The van der Waals surface area contributed by atoms with Gasteiger partial charge in [0.25, 0.3) is 0 Å². The lowest BCUT2D eigenvalue weighted by Crippen LogP contribution is -2.22. The van der Waals surface area contributed by atoms with Crippen LogP contribution in [-0.2, 0) is 0 Å². The molecule has 0 aromatic heterocycles. The summed E-state index contributed by atoms with van der Waals surface area (Å²) < 4.78 is 7.02. The lowest BCUT2D eigenvalue weighted by atomic mass is 10.0. The van der Waals surface area contributed by atoms with E-state index in [0.29, 0.717) is 0 Å². The molecule has 1 nitrogen and oxygen atoms in total. The Labute approximate surface area is 142 Å². The van der Waals surface area contributed by atoms with Crippen LogP contribution in [0.2, 0.25) is 0 Å². The van der Waals surface area contributed by atoms with Crippen LogP contribution in [0.15, 0.2) is 54.6 Å². The lowest BCUT2D eigenvalue weighted by Gasteiger charge is -2.21. The predicted octanol–water partition coefficient (Wildman–Crippen LogP) is 6.54. The molecule has 0 N–H and O–H groups in total. The van der Waals surface area contributed by atoms with Crippen LogP contribution in [0, 0.1) is 0 Å². The summed E-state index contributed by atoms with van der Waals surface area (Å²) >= 11 is 3.77. The molecule has 0 heterocycles. The highest BCUT2D eigenvalue weighted by atomic mass is 79.9. The summed E-state index contributed by atoms with van der Waals surface area (Å²) in [4.78, 5) is 0. The summed E-state index contributed by atoms with van der Waals surface area (Å²) in [5, 5.41) is 0. The molecule has 0 radical (unpaired) electrons. The van der Waals surface area contributed by atoms with Gasteiger partial charge in [0.15, 0.2) is 0 Å². The van der Waals surface area contributed by atoms with Crippen LogP contribution in [0.4, 0.5) is 0 Å². The first-order chi connectivity index (χ1) is 10.4. The number of benzene rings is 2. The second-order valence-electron chi connectivity index (χ2n) is 6.25. The molecule has 0 spiro atoms. The van der Waals surface area contributed by atoms with Crippen molar-refractivity contribution in [2.75, 3.05) is 0 Å². The van der Waals surface area contributed by atoms with Gasteiger partial charge in [-0.2, -0.15) is 0 Å². The van der Waals surface area contributed by atoms with Gasteiger partial charge >= 0.3 is 0 Å². The smallest absolute Gasteiger partial charge is 0.120 e. The van der Waals surface area contributed by atoms with Gasteiger partial charge in [0.1, 0.15) is 11.4 Å². The first-order valence-corrected chi connectivity index (χ1v) is 8.43. The van der Waals surface area contributed by atoms with Crippen LogP contribution in [0.25, 0.3) is 10.1 Å². The van der Waals surface area contributed by atoms with Gasteiger partial charge in [0, 0.05) is 4.48 Å². The summed E-state index contributed by atoms with van der Waals surface area (Å²) in [6.07, 6.45) is 0.977. The fourth-order valence-electron chi connectivity index (χ4n) is 2.32. The zero-order valence-electron chi connectivity index (χ0n) is 13.7. The third kappa shape index (κ3) is 4.48. The molecule has 0 aliphatic carbocycles. The van der Waals surface area contributed by atoms with Crippen molar-refractivity contribution >= 4 is 26.0 Å². The largest absolute Gasteiger partial charge is 0.488 e. The van der Waals surface area contributed by atoms with Crippen LogP contribution in [0.1, 0.15) is 45.2 Å². The van der Waals surface area contributed by atoms with Crippen molar-refractivity contribution in [2.45, 2.75) is 39.7 Å². The maximum Gasteiger partial charge on any atom is 0.120 e. The molecule has 2 aromatic rings. The summed E-state index contributed by atoms with van der Waals surface area (Å²) in [6.45, 7) is 8.35. The molecule has 116 valence electrons. The average molecular weight is 359 g/mol. The van der Waals surface area contributed by atoms with Crippen LogP contribution in [-0.4, -0.2) is 5.60 Å². The highest BCUT2D eigenvalue weighted by molar-refractivity contribution is 9.15.